The number of hydrogen-bond donors (Lipinski definition) is 0. The van der Waals surface area contributed by atoms with Crippen molar-refractivity contribution in [3.05, 3.63) is 6.92 Å². The number of unbranched alkanes of at least 4 members (excludes halogenated alkanes) is 3. The van der Waals surface area contributed by atoms with Crippen LogP contribution in [0.5, 0.6) is 0 Å². The van der Waals surface area contributed by atoms with Crippen LogP contribution in [0.2, 0.25) is 0 Å². The first kappa shape index (κ1) is 17.0. The summed E-state index contributed by atoms with van der Waals surface area (Å²) in [5.41, 5.74) is 0. The maximum absolute atomic E-state index is 9.80. The molecule has 10 heavy (non-hydrogen) atoms. The first-order valence-corrected chi connectivity index (χ1v) is 3.70. The van der Waals surface area contributed by atoms with Gasteiger partial charge in [0.1, 0.15) is 0 Å². The summed E-state index contributed by atoms with van der Waals surface area (Å²) in [6, 6.07) is 0. The molecule has 0 bridgehead atoms. The SMILES string of the molecule is CCCCCC[O-].[CH2-]C.[Mg+2]. The molecule has 58 valence electrons. The van der Waals surface area contributed by atoms with Gasteiger partial charge in [0.2, 0.25) is 0 Å². The van der Waals surface area contributed by atoms with Crippen LogP contribution in [-0.2, 0) is 0 Å². The van der Waals surface area contributed by atoms with E-state index < -0.39 is 0 Å². The zero-order chi connectivity index (χ0) is 7.54. The predicted molar refractivity (Wildman–Crippen MR) is 45.8 cm³/mol. The predicted octanol–water partition coefficient (Wildman–Crippen LogP) is 1.39. The third-order valence-electron chi connectivity index (χ3n) is 0.998. The van der Waals surface area contributed by atoms with Crippen LogP contribution >= 0.6 is 0 Å². The van der Waals surface area contributed by atoms with Gasteiger partial charge in [-0.1, -0.05) is 32.6 Å². The van der Waals surface area contributed by atoms with Gasteiger partial charge in [0.25, 0.3) is 0 Å². The van der Waals surface area contributed by atoms with E-state index >= 15 is 0 Å². The first-order valence-electron chi connectivity index (χ1n) is 3.70. The number of hydrogen-bond acceptors (Lipinski definition) is 1. The van der Waals surface area contributed by atoms with E-state index in [4.69, 9.17) is 0 Å². The van der Waals surface area contributed by atoms with Crippen molar-refractivity contribution < 1.29 is 5.11 Å². The van der Waals surface area contributed by atoms with Gasteiger partial charge in [0, 0.05) is 0 Å². The standard InChI is InChI=1S/C6H13O.C2H5.Mg/c1-2-3-4-5-6-7;1-2;/h2-6H2,1H3;1H2,2H3;/q2*-1;+2. The molecule has 0 rings (SSSR count). The van der Waals surface area contributed by atoms with E-state index in [-0.39, 0.29) is 29.7 Å². The molecule has 0 N–H and O–H groups in total. The van der Waals surface area contributed by atoms with Crippen LogP contribution in [0, 0.1) is 6.92 Å². The van der Waals surface area contributed by atoms with Crippen LogP contribution in [0.25, 0.3) is 0 Å². The van der Waals surface area contributed by atoms with E-state index in [1.54, 1.807) is 6.92 Å². The summed E-state index contributed by atoms with van der Waals surface area (Å²) in [5.74, 6) is 0. The smallest absolute Gasteiger partial charge is 0.854 e. The van der Waals surface area contributed by atoms with E-state index in [0.717, 1.165) is 12.8 Å². The molecule has 0 aliphatic rings. The molecule has 0 unspecified atom stereocenters. The van der Waals surface area contributed by atoms with Crippen molar-refractivity contribution in [1.82, 2.24) is 0 Å². The van der Waals surface area contributed by atoms with Crippen LogP contribution in [0.4, 0.5) is 0 Å². The van der Waals surface area contributed by atoms with E-state index in [1.165, 1.54) is 12.8 Å². The molecular weight excluding hydrogens is 136 g/mol. The van der Waals surface area contributed by atoms with Gasteiger partial charge < -0.3 is 12.0 Å². The van der Waals surface area contributed by atoms with Crippen molar-refractivity contribution in [3.63, 3.8) is 0 Å². The van der Waals surface area contributed by atoms with Crippen molar-refractivity contribution in [2.75, 3.05) is 6.61 Å². The number of rotatable bonds is 4. The van der Waals surface area contributed by atoms with Crippen molar-refractivity contribution in [3.8, 4) is 0 Å². The fourth-order valence-electron chi connectivity index (χ4n) is 0.529. The molecule has 2 heteroatoms. The van der Waals surface area contributed by atoms with Gasteiger partial charge in [-0.05, 0) is 0 Å². The van der Waals surface area contributed by atoms with Gasteiger partial charge in [-0.3, -0.25) is 0 Å². The Balaban J connectivity index is -0.000000149. The average Bonchev–Trinajstić information content (AvgIpc) is 1.94. The summed E-state index contributed by atoms with van der Waals surface area (Å²) >= 11 is 0. The molecule has 1 nitrogen and oxygen atoms in total. The molecule has 0 aromatic carbocycles. The normalized spacial score (nSPS) is 7.20. The Morgan fingerprint density at radius 2 is 1.60 bits per heavy atom. The maximum atomic E-state index is 9.80. The molecule has 0 fully saturated rings. The largest absolute Gasteiger partial charge is 2.00 e. The molecule has 0 aromatic heterocycles. The molecule has 0 atom stereocenters. The average molecular weight is 155 g/mol. The molecule has 0 spiro atoms. The van der Waals surface area contributed by atoms with Crippen LogP contribution in [0.3, 0.4) is 0 Å². The molecule has 0 amide bonds. The van der Waals surface area contributed by atoms with E-state index in [9.17, 15) is 5.11 Å². The summed E-state index contributed by atoms with van der Waals surface area (Å²) in [5, 5.41) is 9.80. The zero-order valence-corrected chi connectivity index (χ0v) is 8.77. The van der Waals surface area contributed by atoms with Gasteiger partial charge in [-0.25, -0.2) is 0 Å². The Bertz CT molecular complexity index is 28.4. The minimum Gasteiger partial charge on any atom is -0.854 e. The fraction of sp³-hybridized carbons (Fsp3) is 0.875. The van der Waals surface area contributed by atoms with Crippen molar-refractivity contribution in [2.24, 2.45) is 0 Å². The summed E-state index contributed by atoms with van der Waals surface area (Å²) in [6.07, 6.45) is 4.44. The van der Waals surface area contributed by atoms with Crippen molar-refractivity contribution >= 4 is 23.1 Å². The molecule has 0 aliphatic carbocycles. The molecule has 0 radical (unpaired) electrons. The molecule has 0 aromatic rings. The second kappa shape index (κ2) is 22.6. The van der Waals surface area contributed by atoms with Gasteiger partial charge in [-0.15, -0.1) is 6.61 Å². The second-order valence-corrected chi connectivity index (χ2v) is 1.76. The quantitative estimate of drug-likeness (QED) is 0.341. The minimum atomic E-state index is 0. The van der Waals surface area contributed by atoms with E-state index in [1.807, 2.05) is 0 Å². The molecule has 0 saturated heterocycles. The fourth-order valence-corrected chi connectivity index (χ4v) is 0.529. The first-order chi connectivity index (χ1) is 4.41. The second-order valence-electron chi connectivity index (χ2n) is 1.76. The summed E-state index contributed by atoms with van der Waals surface area (Å²) in [4.78, 5) is 0. The Hall–Kier alpha value is 0.726. The maximum Gasteiger partial charge on any atom is 2.00 e. The topological polar surface area (TPSA) is 23.1 Å². The monoisotopic (exact) mass is 154 g/mol. The third-order valence-corrected chi connectivity index (χ3v) is 0.998. The third kappa shape index (κ3) is 23.3. The molecular formula is C8H18MgO. The Morgan fingerprint density at radius 3 is 1.90 bits per heavy atom. The summed E-state index contributed by atoms with van der Waals surface area (Å²) in [7, 11) is 0. The van der Waals surface area contributed by atoms with Gasteiger partial charge in [0.05, 0.1) is 0 Å². The molecule has 0 aliphatic heterocycles. The van der Waals surface area contributed by atoms with Crippen LogP contribution in [0.1, 0.15) is 39.5 Å². The molecule has 0 heterocycles. The van der Waals surface area contributed by atoms with E-state index in [2.05, 4.69) is 13.8 Å². The van der Waals surface area contributed by atoms with Gasteiger partial charge in [-0.2, -0.15) is 6.92 Å². The summed E-state index contributed by atoms with van der Waals surface area (Å²) < 4.78 is 0. The van der Waals surface area contributed by atoms with Crippen LogP contribution < -0.4 is 5.11 Å². The summed E-state index contributed by atoms with van der Waals surface area (Å²) in [6.45, 7) is 7.25. The minimum absolute atomic E-state index is 0. The Morgan fingerprint density at radius 1 is 1.10 bits per heavy atom. The zero-order valence-electron chi connectivity index (χ0n) is 7.36. The Labute approximate surface area is 81.4 Å². The van der Waals surface area contributed by atoms with Gasteiger partial charge >= 0.3 is 23.1 Å². The van der Waals surface area contributed by atoms with E-state index in [0.29, 0.717) is 0 Å². The van der Waals surface area contributed by atoms with Crippen molar-refractivity contribution in [2.45, 2.75) is 39.5 Å². The van der Waals surface area contributed by atoms with Gasteiger partial charge in [0.15, 0.2) is 0 Å². The Kier molecular flexibility index (Phi) is 38.4. The van der Waals surface area contributed by atoms with Crippen LogP contribution in [0.15, 0.2) is 0 Å². The molecule has 0 saturated carbocycles. The van der Waals surface area contributed by atoms with Crippen molar-refractivity contribution in [1.29, 1.82) is 0 Å². The van der Waals surface area contributed by atoms with Crippen LogP contribution in [-0.4, -0.2) is 29.7 Å².